The van der Waals surface area contributed by atoms with Crippen LogP contribution in [0.25, 0.3) is 0 Å². The zero-order valence-corrected chi connectivity index (χ0v) is 11.3. The summed E-state index contributed by atoms with van der Waals surface area (Å²) in [6, 6.07) is 6.29. The average molecular weight is 273 g/mol. The maximum Gasteiger partial charge on any atom is 0.271 e. The fraction of sp³-hybridized carbons (Fsp3) is 0.231. The van der Waals surface area contributed by atoms with Gasteiger partial charge < -0.3 is 10.6 Å². The first-order valence-corrected chi connectivity index (χ1v) is 6.19. The molecule has 7 heteroatoms. The molecule has 0 fully saturated rings. The zero-order valence-electron chi connectivity index (χ0n) is 11.3. The van der Waals surface area contributed by atoms with Crippen molar-refractivity contribution < 1.29 is 4.92 Å². The largest absolute Gasteiger partial charge is 0.354 e. The summed E-state index contributed by atoms with van der Waals surface area (Å²) >= 11 is 0. The van der Waals surface area contributed by atoms with E-state index >= 15 is 0 Å². The monoisotopic (exact) mass is 273 g/mol. The number of nitro groups is 1. The summed E-state index contributed by atoms with van der Waals surface area (Å²) in [5, 5.41) is 16.8. The number of benzene rings is 1. The van der Waals surface area contributed by atoms with Crippen LogP contribution < -0.4 is 10.6 Å². The molecule has 0 aliphatic heterocycles. The number of aromatic nitrogens is 2. The van der Waals surface area contributed by atoms with E-state index in [-0.39, 0.29) is 5.69 Å². The van der Waals surface area contributed by atoms with Gasteiger partial charge in [-0.15, -0.1) is 0 Å². The summed E-state index contributed by atoms with van der Waals surface area (Å²) in [5.41, 5.74) is 1.51. The molecule has 0 aliphatic rings. The number of nitro benzene ring substituents is 1. The van der Waals surface area contributed by atoms with E-state index in [1.54, 1.807) is 18.3 Å². The van der Waals surface area contributed by atoms with Crippen molar-refractivity contribution in [3.8, 4) is 0 Å². The molecule has 0 saturated heterocycles. The number of aryl methyl sites for hydroxylation is 1. The minimum Gasteiger partial charge on any atom is -0.354 e. The van der Waals surface area contributed by atoms with Crippen LogP contribution in [0, 0.1) is 17.0 Å². The van der Waals surface area contributed by atoms with Crippen molar-refractivity contribution in [2.24, 2.45) is 0 Å². The molecule has 0 amide bonds. The molecule has 0 aliphatic carbocycles. The summed E-state index contributed by atoms with van der Waals surface area (Å²) in [6.07, 6.45) is 1.70. The Kier molecular flexibility index (Phi) is 4.09. The fourth-order valence-corrected chi connectivity index (χ4v) is 1.65. The maximum atomic E-state index is 10.8. The highest BCUT2D eigenvalue weighted by molar-refractivity contribution is 5.62. The van der Waals surface area contributed by atoms with E-state index < -0.39 is 4.92 Å². The van der Waals surface area contributed by atoms with Crippen molar-refractivity contribution in [2.75, 3.05) is 17.2 Å². The molecule has 1 aromatic carbocycles. The highest BCUT2D eigenvalue weighted by Gasteiger charge is 2.08. The number of non-ortho nitro benzene ring substituents is 1. The van der Waals surface area contributed by atoms with Crippen molar-refractivity contribution in [1.29, 1.82) is 0 Å². The molecule has 0 atom stereocenters. The number of anilines is 3. The third kappa shape index (κ3) is 3.19. The summed E-state index contributed by atoms with van der Waals surface area (Å²) in [5.74, 6) is 1.14. The molecule has 2 aromatic rings. The second-order valence-corrected chi connectivity index (χ2v) is 4.19. The molecule has 1 aromatic heterocycles. The summed E-state index contributed by atoms with van der Waals surface area (Å²) in [6.45, 7) is 4.55. The number of nitrogens with zero attached hydrogens (tertiary/aromatic N) is 3. The van der Waals surface area contributed by atoms with Gasteiger partial charge in [0.2, 0.25) is 5.95 Å². The third-order valence-electron chi connectivity index (χ3n) is 2.63. The Morgan fingerprint density at radius 3 is 2.90 bits per heavy atom. The van der Waals surface area contributed by atoms with Gasteiger partial charge in [0.05, 0.1) is 4.92 Å². The Morgan fingerprint density at radius 2 is 2.20 bits per heavy atom. The van der Waals surface area contributed by atoms with Crippen LogP contribution in [0.4, 0.5) is 23.1 Å². The lowest BCUT2D eigenvalue weighted by Gasteiger charge is -2.10. The molecular formula is C13H15N5O2. The van der Waals surface area contributed by atoms with Gasteiger partial charge in [0, 0.05) is 36.1 Å². The Balaban J connectivity index is 2.27. The van der Waals surface area contributed by atoms with Crippen molar-refractivity contribution in [3.63, 3.8) is 0 Å². The van der Waals surface area contributed by atoms with Gasteiger partial charge in [0.1, 0.15) is 5.82 Å². The first-order chi connectivity index (χ1) is 9.60. The maximum absolute atomic E-state index is 10.8. The molecule has 7 nitrogen and oxygen atoms in total. The summed E-state index contributed by atoms with van der Waals surface area (Å²) < 4.78 is 0. The van der Waals surface area contributed by atoms with Gasteiger partial charge in [-0.05, 0) is 19.9 Å². The lowest BCUT2D eigenvalue weighted by Crippen LogP contribution is -2.05. The summed E-state index contributed by atoms with van der Waals surface area (Å²) in [7, 11) is 0. The molecule has 0 unspecified atom stereocenters. The first kappa shape index (κ1) is 13.7. The van der Waals surface area contributed by atoms with Crippen LogP contribution in [0.3, 0.4) is 0 Å². The molecule has 2 N–H and O–H groups in total. The minimum atomic E-state index is -0.428. The third-order valence-corrected chi connectivity index (χ3v) is 2.63. The Labute approximate surface area is 116 Å². The molecule has 0 radical (unpaired) electrons. The van der Waals surface area contributed by atoms with Gasteiger partial charge in [-0.1, -0.05) is 6.07 Å². The standard InChI is InChI=1S/C13H15N5O2/c1-3-14-13-15-8-9(2)12(17-13)16-10-5-4-6-11(7-10)18(19)20/h4-8H,3H2,1-2H3,(H2,14,15,16,17). The van der Waals surface area contributed by atoms with E-state index in [9.17, 15) is 10.1 Å². The summed E-state index contributed by atoms with van der Waals surface area (Å²) in [4.78, 5) is 18.8. The molecule has 0 bridgehead atoms. The van der Waals surface area contributed by atoms with Crippen molar-refractivity contribution >= 4 is 23.1 Å². The van der Waals surface area contributed by atoms with Crippen LogP contribution in [0.1, 0.15) is 12.5 Å². The molecule has 2 rings (SSSR count). The van der Waals surface area contributed by atoms with E-state index in [1.807, 2.05) is 13.8 Å². The lowest BCUT2D eigenvalue weighted by molar-refractivity contribution is -0.384. The van der Waals surface area contributed by atoms with Gasteiger partial charge in [0.25, 0.3) is 5.69 Å². The van der Waals surface area contributed by atoms with Gasteiger partial charge >= 0.3 is 0 Å². The lowest BCUT2D eigenvalue weighted by atomic mass is 10.2. The van der Waals surface area contributed by atoms with Gasteiger partial charge in [0.15, 0.2) is 0 Å². The second-order valence-electron chi connectivity index (χ2n) is 4.19. The predicted octanol–water partition coefficient (Wildman–Crippen LogP) is 2.87. The molecular weight excluding hydrogens is 258 g/mol. The van der Waals surface area contributed by atoms with Crippen LogP contribution in [-0.2, 0) is 0 Å². The molecule has 0 spiro atoms. The normalized spacial score (nSPS) is 10.1. The van der Waals surface area contributed by atoms with Crippen LogP contribution in [0.5, 0.6) is 0 Å². The topological polar surface area (TPSA) is 93.0 Å². The molecule has 0 saturated carbocycles. The molecule has 1 heterocycles. The van der Waals surface area contributed by atoms with Crippen molar-refractivity contribution in [1.82, 2.24) is 9.97 Å². The van der Waals surface area contributed by atoms with Crippen molar-refractivity contribution in [3.05, 3.63) is 46.1 Å². The highest BCUT2D eigenvalue weighted by Crippen LogP contribution is 2.22. The molecule has 20 heavy (non-hydrogen) atoms. The Morgan fingerprint density at radius 1 is 1.40 bits per heavy atom. The van der Waals surface area contributed by atoms with Gasteiger partial charge in [-0.2, -0.15) is 4.98 Å². The number of nitrogens with one attached hydrogen (secondary N) is 2. The van der Waals surface area contributed by atoms with E-state index in [1.165, 1.54) is 12.1 Å². The van der Waals surface area contributed by atoms with E-state index in [0.29, 0.717) is 17.5 Å². The Hall–Kier alpha value is -2.70. The highest BCUT2D eigenvalue weighted by atomic mass is 16.6. The second kappa shape index (κ2) is 5.96. The SMILES string of the molecule is CCNc1ncc(C)c(Nc2cccc([N+](=O)[O-])c2)n1. The Bertz CT molecular complexity index is 630. The molecule has 104 valence electrons. The predicted molar refractivity (Wildman–Crippen MR) is 77.3 cm³/mol. The van der Waals surface area contributed by atoms with Gasteiger partial charge in [-0.3, -0.25) is 10.1 Å². The van der Waals surface area contributed by atoms with Crippen LogP contribution >= 0.6 is 0 Å². The number of rotatable bonds is 5. The zero-order chi connectivity index (χ0) is 14.5. The fourth-order valence-electron chi connectivity index (χ4n) is 1.65. The number of hydrogen-bond acceptors (Lipinski definition) is 6. The quantitative estimate of drug-likeness (QED) is 0.642. The average Bonchev–Trinajstić information content (AvgIpc) is 2.43. The first-order valence-electron chi connectivity index (χ1n) is 6.19. The minimum absolute atomic E-state index is 0.0358. The van der Waals surface area contributed by atoms with E-state index in [2.05, 4.69) is 20.6 Å². The number of hydrogen-bond donors (Lipinski definition) is 2. The van der Waals surface area contributed by atoms with Gasteiger partial charge in [-0.25, -0.2) is 4.98 Å². The van der Waals surface area contributed by atoms with E-state index in [4.69, 9.17) is 0 Å². The van der Waals surface area contributed by atoms with E-state index in [0.717, 1.165) is 12.1 Å². The smallest absolute Gasteiger partial charge is 0.271 e. The van der Waals surface area contributed by atoms with Crippen LogP contribution in [-0.4, -0.2) is 21.4 Å². The van der Waals surface area contributed by atoms with Crippen LogP contribution in [0.2, 0.25) is 0 Å². The van der Waals surface area contributed by atoms with Crippen molar-refractivity contribution in [2.45, 2.75) is 13.8 Å². The van der Waals surface area contributed by atoms with Crippen LogP contribution in [0.15, 0.2) is 30.5 Å².